The van der Waals surface area contributed by atoms with Gasteiger partial charge in [-0.15, -0.1) is 0 Å². The third-order valence-corrected chi connectivity index (χ3v) is 9.24. The van der Waals surface area contributed by atoms with Crippen molar-refractivity contribution >= 4 is 18.7 Å². The summed E-state index contributed by atoms with van der Waals surface area (Å²) in [7, 11) is 0. The number of carbonyl (C=O) groups is 3. The van der Waals surface area contributed by atoms with E-state index in [4.69, 9.17) is 11.5 Å². The maximum atomic E-state index is 12.6. The molecule has 1 saturated heterocycles. The molecule has 1 aromatic rings. The molecule has 8 heteroatoms. The van der Waals surface area contributed by atoms with Crippen LogP contribution in [-0.2, 0) is 20.8 Å². The van der Waals surface area contributed by atoms with Gasteiger partial charge in [0.2, 0.25) is 18.7 Å². The van der Waals surface area contributed by atoms with E-state index in [9.17, 15) is 14.4 Å². The molecule has 51 heavy (non-hydrogen) atoms. The number of aryl methyl sites for hydroxylation is 1. The fourth-order valence-corrected chi connectivity index (χ4v) is 5.97. The van der Waals surface area contributed by atoms with Crippen molar-refractivity contribution in [3.63, 3.8) is 0 Å². The van der Waals surface area contributed by atoms with E-state index in [2.05, 4.69) is 79.6 Å². The molecule has 286 valence electrons. The lowest BCUT2D eigenvalue weighted by atomic mass is 9.93. The molecule has 1 aromatic carbocycles. The van der Waals surface area contributed by atoms with Crippen molar-refractivity contribution in [2.45, 2.75) is 137 Å². The Hall–Kier alpha value is -3.75. The quantitative estimate of drug-likeness (QED) is 0.0922. The summed E-state index contributed by atoms with van der Waals surface area (Å²) in [5.41, 5.74) is 16.8. The molecule has 1 aliphatic carbocycles. The van der Waals surface area contributed by atoms with Crippen LogP contribution in [0.25, 0.3) is 0 Å². The van der Waals surface area contributed by atoms with Crippen LogP contribution in [0.1, 0.15) is 110 Å². The van der Waals surface area contributed by atoms with Gasteiger partial charge in [-0.2, -0.15) is 0 Å². The van der Waals surface area contributed by atoms with Crippen LogP contribution in [0.15, 0.2) is 84.5 Å². The predicted molar refractivity (Wildman–Crippen MR) is 217 cm³/mol. The molecule has 6 N–H and O–H groups in total. The number of allylic oxidation sites excluding steroid dienone is 8. The molecule has 0 radical (unpaired) electrons. The zero-order chi connectivity index (χ0) is 38.4. The van der Waals surface area contributed by atoms with Crippen molar-refractivity contribution in [3.8, 4) is 0 Å². The molecule has 0 spiro atoms. The van der Waals surface area contributed by atoms with Gasteiger partial charge in [0.25, 0.3) is 0 Å². The number of hydrogen-bond acceptors (Lipinski definition) is 5. The molecule has 5 unspecified atom stereocenters. The van der Waals surface area contributed by atoms with Gasteiger partial charge in [-0.05, 0) is 109 Å². The van der Waals surface area contributed by atoms with E-state index in [1.54, 1.807) is 4.90 Å². The minimum absolute atomic E-state index is 0.00977. The molecule has 5 atom stereocenters. The Labute approximate surface area is 311 Å². The molecule has 8 nitrogen and oxygen atoms in total. The number of nitrogens with zero attached hydrogens (tertiary/aromatic N) is 1. The average molecular weight is 706 g/mol. The molecule has 0 aromatic heterocycles. The third-order valence-electron chi connectivity index (χ3n) is 9.24. The zero-order valence-electron chi connectivity index (χ0n) is 32.9. The molecule has 1 fully saturated rings. The highest BCUT2D eigenvalue weighted by Crippen LogP contribution is 2.28. The summed E-state index contributed by atoms with van der Waals surface area (Å²) in [6, 6.07) is 8.24. The molecule has 0 bridgehead atoms. The van der Waals surface area contributed by atoms with Crippen molar-refractivity contribution in [1.29, 1.82) is 0 Å². The third kappa shape index (κ3) is 20.0. The van der Waals surface area contributed by atoms with E-state index >= 15 is 0 Å². The first-order valence-corrected chi connectivity index (χ1v) is 19.2. The van der Waals surface area contributed by atoms with Gasteiger partial charge in [-0.3, -0.25) is 14.4 Å². The van der Waals surface area contributed by atoms with Crippen LogP contribution in [0.2, 0.25) is 0 Å². The number of carbonyl (C=O) groups excluding carboxylic acids is 3. The number of nitrogens with one attached hydrogen (secondary N) is 2. The summed E-state index contributed by atoms with van der Waals surface area (Å²) in [5, 5.41) is 5.73. The SMILES string of the molecule is C=C/C=C(\C=C/C)CC.CC.CCC(N)CC1=CCCC=C1.Cc1ccc(CCNC(=O)C2CCC(CCC(CN)C(C)NC=O)N2C=O)cc1. The van der Waals surface area contributed by atoms with E-state index in [1.807, 2.05) is 52.8 Å². The summed E-state index contributed by atoms with van der Waals surface area (Å²) in [6.07, 6.45) is 25.6. The lowest BCUT2D eigenvalue weighted by molar-refractivity contribution is -0.132. The van der Waals surface area contributed by atoms with Gasteiger partial charge >= 0.3 is 0 Å². The largest absolute Gasteiger partial charge is 0.356 e. The van der Waals surface area contributed by atoms with E-state index in [-0.39, 0.29) is 23.9 Å². The van der Waals surface area contributed by atoms with Crippen molar-refractivity contribution < 1.29 is 14.4 Å². The number of rotatable bonds is 18. The second-order valence-corrected chi connectivity index (χ2v) is 12.9. The number of likely N-dealkylation sites (tertiary alicyclic amines) is 1. The molecule has 1 aliphatic heterocycles. The molecule has 3 amide bonds. The average Bonchev–Trinajstić information content (AvgIpc) is 3.57. The number of hydrogen-bond donors (Lipinski definition) is 4. The highest BCUT2D eigenvalue weighted by molar-refractivity contribution is 5.84. The zero-order valence-corrected chi connectivity index (χ0v) is 32.9. The van der Waals surface area contributed by atoms with Gasteiger partial charge in [-0.25, -0.2) is 0 Å². The van der Waals surface area contributed by atoms with Gasteiger partial charge in [0.15, 0.2) is 0 Å². The Morgan fingerprint density at radius 1 is 1.12 bits per heavy atom. The number of amides is 3. The lowest BCUT2D eigenvalue weighted by Crippen LogP contribution is -2.46. The van der Waals surface area contributed by atoms with Gasteiger partial charge < -0.3 is 27.0 Å². The normalized spacial score (nSPS) is 18.3. The van der Waals surface area contributed by atoms with Gasteiger partial charge in [-0.1, -0.05) is 112 Å². The number of nitrogens with two attached hydrogens (primary N) is 2. The first kappa shape index (κ1) is 47.2. The Bertz CT molecular complexity index is 1220. The van der Waals surface area contributed by atoms with E-state index in [0.29, 0.717) is 32.0 Å². The maximum absolute atomic E-state index is 12.6. The fourth-order valence-electron chi connectivity index (χ4n) is 5.97. The monoisotopic (exact) mass is 706 g/mol. The van der Waals surface area contributed by atoms with E-state index < -0.39 is 6.04 Å². The van der Waals surface area contributed by atoms with Crippen LogP contribution in [-0.4, -0.2) is 60.9 Å². The summed E-state index contributed by atoms with van der Waals surface area (Å²) in [5.74, 6) is 0.0640. The Morgan fingerprint density at radius 2 is 1.82 bits per heavy atom. The topological polar surface area (TPSA) is 131 Å². The molecule has 0 saturated carbocycles. The molecular weight excluding hydrogens is 635 g/mol. The standard InChI is InChI=1S/C22H34N4O3.C10H17N.C9H14.C2H6/c1-16-3-5-18(6-4-16)11-12-24-22(29)21-10-9-20(26(21)15-28)8-7-19(13-23)17(2)25-14-27;1-2-10(11)8-9-6-4-3-5-7-9;1-4-7-9(6-3)8-5-2;1-2/h3-6,14-15,17,19-21H,7-13,23H2,1-2H3,(H,24,29)(H,25,27);4,6-7,10H,2-3,5,8,11H2,1H3;4-5,7-8H,1,6H2,2-3H3;1-2H3/b;;8-5-,9-7-;. The number of benzene rings is 1. The molecular formula is C43H71N5O3. The Morgan fingerprint density at radius 3 is 2.35 bits per heavy atom. The van der Waals surface area contributed by atoms with Crippen LogP contribution in [0, 0.1) is 12.8 Å². The van der Waals surface area contributed by atoms with E-state index in [0.717, 1.165) is 51.4 Å². The first-order chi connectivity index (χ1) is 24.7. The predicted octanol–water partition coefficient (Wildman–Crippen LogP) is 7.63. The van der Waals surface area contributed by atoms with Crippen molar-refractivity contribution in [1.82, 2.24) is 15.5 Å². The summed E-state index contributed by atoms with van der Waals surface area (Å²) in [4.78, 5) is 36.6. The molecule has 1 heterocycles. The van der Waals surface area contributed by atoms with Crippen LogP contribution < -0.4 is 22.1 Å². The van der Waals surface area contributed by atoms with Crippen LogP contribution in [0.5, 0.6) is 0 Å². The van der Waals surface area contributed by atoms with Gasteiger partial charge in [0.05, 0.1) is 0 Å². The fraction of sp³-hybridized carbons (Fsp3) is 0.558. The Kier molecular flexibility index (Phi) is 27.7. The van der Waals surface area contributed by atoms with Crippen LogP contribution >= 0.6 is 0 Å². The van der Waals surface area contributed by atoms with Crippen molar-refractivity contribution in [2.75, 3.05) is 13.1 Å². The maximum Gasteiger partial charge on any atom is 0.242 e. The van der Waals surface area contributed by atoms with Crippen LogP contribution in [0.4, 0.5) is 0 Å². The van der Waals surface area contributed by atoms with Crippen molar-refractivity contribution in [3.05, 3.63) is 95.6 Å². The van der Waals surface area contributed by atoms with Gasteiger partial charge in [0.1, 0.15) is 6.04 Å². The highest BCUT2D eigenvalue weighted by atomic mass is 16.2. The first-order valence-electron chi connectivity index (χ1n) is 19.2. The lowest BCUT2D eigenvalue weighted by Gasteiger charge is -2.28. The summed E-state index contributed by atoms with van der Waals surface area (Å²) in [6.45, 7) is 18.9. The van der Waals surface area contributed by atoms with Crippen molar-refractivity contribution in [2.24, 2.45) is 17.4 Å². The van der Waals surface area contributed by atoms with Crippen LogP contribution in [0.3, 0.4) is 0 Å². The minimum Gasteiger partial charge on any atom is -0.356 e. The smallest absolute Gasteiger partial charge is 0.242 e. The minimum atomic E-state index is -0.405. The second kappa shape index (κ2) is 29.9. The summed E-state index contributed by atoms with van der Waals surface area (Å²) < 4.78 is 0. The van der Waals surface area contributed by atoms with Gasteiger partial charge in [0, 0.05) is 24.7 Å². The molecule has 2 aliphatic rings. The summed E-state index contributed by atoms with van der Waals surface area (Å²) >= 11 is 0. The second-order valence-electron chi connectivity index (χ2n) is 12.9. The highest BCUT2D eigenvalue weighted by Gasteiger charge is 2.37. The molecule has 3 rings (SSSR count). The Balaban J connectivity index is 0.000000925. The van der Waals surface area contributed by atoms with E-state index in [1.165, 1.54) is 35.1 Å².